The topological polar surface area (TPSA) is 217 Å². The fourth-order valence-corrected chi connectivity index (χ4v) is 1.63. The van der Waals surface area contributed by atoms with Gasteiger partial charge in [0.2, 0.25) is 0 Å². The van der Waals surface area contributed by atoms with Gasteiger partial charge in [-0.3, -0.25) is 0 Å². The van der Waals surface area contributed by atoms with Gasteiger partial charge >= 0.3 is 12.1 Å². The van der Waals surface area contributed by atoms with E-state index in [1.165, 1.54) is 0 Å². The molecule has 0 unspecified atom stereocenters. The highest BCUT2D eigenvalue weighted by atomic mass is 16.9. The van der Waals surface area contributed by atoms with Gasteiger partial charge in [0, 0.05) is 13.0 Å². The standard InChI is InChI=1S/C14H19NO4.C2H6N2O3.HNO3/c1-14(2,3)19-13(18)15-11(12(16)17)9-10-7-5-4-6-8-10;3-1-2-7-4(5)6;2-1(3)4/h4-8,11H,9H2,1-3H3,(H,15,18)(H,16,17);1-3H2;(H,2,3,4)/t11-;;/m0../s1. The van der Waals surface area contributed by atoms with E-state index in [4.69, 9.17) is 30.9 Å². The van der Waals surface area contributed by atoms with Gasteiger partial charge in [0.05, 0.1) is 0 Å². The third kappa shape index (κ3) is 20.6. The summed E-state index contributed by atoms with van der Waals surface area (Å²) in [6, 6.07) is 8.11. The summed E-state index contributed by atoms with van der Waals surface area (Å²) in [6.07, 6.45) is -0.508. The van der Waals surface area contributed by atoms with E-state index in [1.807, 2.05) is 30.3 Å². The van der Waals surface area contributed by atoms with Crippen molar-refractivity contribution >= 4 is 12.1 Å². The first-order chi connectivity index (χ1) is 13.8. The van der Waals surface area contributed by atoms with Crippen molar-refractivity contribution in [2.75, 3.05) is 13.2 Å². The number of amides is 1. The summed E-state index contributed by atoms with van der Waals surface area (Å²) in [4.78, 5) is 44.1. The zero-order valence-electron chi connectivity index (χ0n) is 16.7. The number of benzene rings is 1. The molecule has 0 saturated carbocycles. The summed E-state index contributed by atoms with van der Waals surface area (Å²) in [5, 5.41) is 33.5. The highest BCUT2D eigenvalue weighted by Gasteiger charge is 2.24. The van der Waals surface area contributed by atoms with Crippen molar-refractivity contribution in [2.24, 2.45) is 5.73 Å². The molecule has 1 atom stereocenters. The van der Waals surface area contributed by atoms with Crippen molar-refractivity contribution in [3.05, 3.63) is 56.1 Å². The van der Waals surface area contributed by atoms with E-state index in [0.717, 1.165) is 5.56 Å². The minimum Gasteiger partial charge on any atom is -0.480 e. The van der Waals surface area contributed by atoms with Gasteiger partial charge in [0.25, 0.3) is 10.2 Å². The highest BCUT2D eigenvalue weighted by Crippen LogP contribution is 2.08. The summed E-state index contributed by atoms with van der Waals surface area (Å²) < 4.78 is 5.04. The second-order valence-corrected chi connectivity index (χ2v) is 6.31. The van der Waals surface area contributed by atoms with Crippen LogP contribution in [0.2, 0.25) is 0 Å². The molecule has 1 aromatic carbocycles. The number of nitrogens with two attached hydrogens (primary N) is 1. The summed E-state index contributed by atoms with van der Waals surface area (Å²) in [6.45, 7) is 5.33. The molecule has 1 aromatic rings. The van der Waals surface area contributed by atoms with Crippen LogP contribution in [0.15, 0.2) is 30.3 Å². The summed E-state index contributed by atoms with van der Waals surface area (Å²) in [5.41, 5.74) is 5.03. The molecule has 30 heavy (non-hydrogen) atoms. The van der Waals surface area contributed by atoms with Crippen LogP contribution < -0.4 is 11.1 Å². The maximum absolute atomic E-state index is 11.6. The van der Waals surface area contributed by atoms with Crippen LogP contribution in [0.25, 0.3) is 0 Å². The number of nitrogens with zero attached hydrogens (tertiary/aromatic N) is 2. The smallest absolute Gasteiger partial charge is 0.408 e. The molecule has 0 aliphatic heterocycles. The lowest BCUT2D eigenvalue weighted by Crippen LogP contribution is -2.44. The second kappa shape index (κ2) is 15.3. The lowest BCUT2D eigenvalue weighted by molar-refractivity contribution is -0.757. The first-order valence-corrected chi connectivity index (χ1v) is 8.35. The third-order valence-electron chi connectivity index (χ3n) is 2.59. The van der Waals surface area contributed by atoms with Gasteiger partial charge in [-0.25, -0.2) is 9.59 Å². The van der Waals surface area contributed by atoms with Crippen molar-refractivity contribution in [1.29, 1.82) is 0 Å². The Morgan fingerprint density at radius 1 is 1.20 bits per heavy atom. The Hall–Kier alpha value is -3.68. The molecule has 1 rings (SSSR count). The molecular formula is C16H26N4O10. The largest absolute Gasteiger partial charge is 0.480 e. The first kappa shape index (κ1) is 28.5. The zero-order chi connectivity index (χ0) is 23.7. The van der Waals surface area contributed by atoms with Gasteiger partial charge in [-0.2, -0.15) is 0 Å². The number of carboxylic acid groups (broad SMARTS) is 1. The summed E-state index contributed by atoms with van der Waals surface area (Å²) >= 11 is 0. The number of alkyl carbamates (subject to hydrolysis) is 1. The van der Waals surface area contributed by atoms with Crippen LogP contribution in [-0.2, 0) is 20.8 Å². The van der Waals surface area contributed by atoms with Crippen LogP contribution in [0, 0.1) is 20.2 Å². The van der Waals surface area contributed by atoms with E-state index < -0.39 is 33.9 Å². The van der Waals surface area contributed by atoms with Crippen molar-refractivity contribution in [3.63, 3.8) is 0 Å². The van der Waals surface area contributed by atoms with Crippen LogP contribution in [0.3, 0.4) is 0 Å². The number of rotatable bonds is 7. The molecule has 0 fully saturated rings. The lowest BCUT2D eigenvalue weighted by atomic mass is 10.1. The monoisotopic (exact) mass is 434 g/mol. The average Bonchev–Trinajstić information content (AvgIpc) is 2.58. The Labute approximate surface area is 171 Å². The molecule has 0 heterocycles. The predicted octanol–water partition coefficient (Wildman–Crippen LogP) is 1.01. The molecule has 14 nitrogen and oxygen atoms in total. The molecule has 0 saturated heterocycles. The number of nitrogens with one attached hydrogen (secondary N) is 1. The molecule has 0 bridgehead atoms. The van der Waals surface area contributed by atoms with Gasteiger partial charge in [-0.05, 0) is 26.3 Å². The number of carbonyl (C=O) groups excluding carboxylic acids is 1. The second-order valence-electron chi connectivity index (χ2n) is 6.31. The van der Waals surface area contributed by atoms with Crippen molar-refractivity contribution in [2.45, 2.75) is 38.8 Å². The van der Waals surface area contributed by atoms with Crippen LogP contribution >= 0.6 is 0 Å². The number of carbonyl (C=O) groups is 2. The van der Waals surface area contributed by atoms with E-state index in [1.54, 1.807) is 20.8 Å². The molecule has 170 valence electrons. The van der Waals surface area contributed by atoms with E-state index in [-0.39, 0.29) is 19.6 Å². The molecule has 5 N–H and O–H groups in total. The van der Waals surface area contributed by atoms with Crippen LogP contribution in [0.1, 0.15) is 26.3 Å². The minimum absolute atomic E-state index is 0.0208. The third-order valence-corrected chi connectivity index (χ3v) is 2.59. The normalized spacial score (nSPS) is 10.7. The van der Waals surface area contributed by atoms with Crippen LogP contribution in [0.5, 0.6) is 0 Å². The van der Waals surface area contributed by atoms with E-state index in [2.05, 4.69) is 10.2 Å². The molecule has 0 spiro atoms. The highest BCUT2D eigenvalue weighted by molar-refractivity contribution is 5.80. The lowest BCUT2D eigenvalue weighted by Gasteiger charge is -2.22. The number of hydrogen-bond donors (Lipinski definition) is 4. The maximum Gasteiger partial charge on any atom is 0.408 e. The number of carboxylic acids is 1. The Kier molecular flexibility index (Phi) is 14.5. The van der Waals surface area contributed by atoms with Gasteiger partial charge < -0.3 is 30.9 Å². The van der Waals surface area contributed by atoms with Crippen LogP contribution in [-0.4, -0.2) is 57.3 Å². The quantitative estimate of drug-likeness (QED) is 0.350. The Morgan fingerprint density at radius 2 is 1.70 bits per heavy atom. The van der Waals surface area contributed by atoms with Crippen molar-refractivity contribution in [1.82, 2.24) is 5.32 Å². The Bertz CT molecular complexity index is 660. The maximum atomic E-state index is 11.6. The van der Waals surface area contributed by atoms with Gasteiger partial charge in [0.1, 0.15) is 18.2 Å². The minimum atomic E-state index is -1.50. The average molecular weight is 434 g/mol. The van der Waals surface area contributed by atoms with Crippen molar-refractivity contribution in [3.8, 4) is 0 Å². The molecule has 0 aromatic heterocycles. The zero-order valence-corrected chi connectivity index (χ0v) is 16.7. The number of ether oxygens (including phenoxy) is 1. The SMILES string of the molecule is CC(C)(C)OC(=O)N[C@@H](Cc1ccccc1)C(=O)O.NCCO[N+](=O)[O-].O=[N+]([O-])O. The van der Waals surface area contributed by atoms with Gasteiger partial charge in [-0.15, -0.1) is 20.2 Å². The molecule has 14 heteroatoms. The molecule has 0 aliphatic rings. The molecular weight excluding hydrogens is 408 g/mol. The summed E-state index contributed by atoms with van der Waals surface area (Å²) in [7, 11) is 0. The Morgan fingerprint density at radius 3 is 2.03 bits per heavy atom. The molecule has 0 radical (unpaired) electrons. The fourth-order valence-electron chi connectivity index (χ4n) is 1.63. The van der Waals surface area contributed by atoms with E-state index >= 15 is 0 Å². The predicted molar refractivity (Wildman–Crippen MR) is 102 cm³/mol. The van der Waals surface area contributed by atoms with E-state index in [9.17, 15) is 19.7 Å². The summed E-state index contributed by atoms with van der Waals surface area (Å²) in [5.74, 6) is -1.09. The van der Waals surface area contributed by atoms with Gasteiger partial charge in [-0.1, -0.05) is 30.3 Å². The van der Waals surface area contributed by atoms with Crippen molar-refractivity contribution < 1.29 is 39.7 Å². The number of aliphatic carboxylic acids is 1. The Balaban J connectivity index is 0. The van der Waals surface area contributed by atoms with Gasteiger partial charge in [0.15, 0.2) is 0 Å². The fraction of sp³-hybridized carbons (Fsp3) is 0.500. The molecule has 1 amide bonds. The van der Waals surface area contributed by atoms with Crippen LogP contribution in [0.4, 0.5) is 4.79 Å². The molecule has 0 aliphatic carbocycles. The number of hydrogen-bond acceptors (Lipinski definition) is 9. The van der Waals surface area contributed by atoms with E-state index in [0.29, 0.717) is 0 Å². The first-order valence-electron chi connectivity index (χ1n) is 8.35.